The second-order valence-corrected chi connectivity index (χ2v) is 5.35. The Bertz CT molecular complexity index is 629. The third-order valence-corrected chi connectivity index (χ3v) is 3.89. The molecule has 2 N–H and O–H groups in total. The zero-order chi connectivity index (χ0) is 14.7. The second-order valence-electron chi connectivity index (χ2n) is 5.35. The molecule has 0 spiro atoms. The van der Waals surface area contributed by atoms with Gasteiger partial charge >= 0.3 is 6.03 Å². The first-order valence-electron chi connectivity index (χ1n) is 7.51. The normalized spacial score (nSPS) is 18.0. The SMILES string of the molecule is CCn1ccc2ccc(NC(=O)NCC3CCCO3)cc21. The first-order valence-corrected chi connectivity index (χ1v) is 7.51. The van der Waals surface area contributed by atoms with Gasteiger partial charge in [-0.1, -0.05) is 6.07 Å². The topological polar surface area (TPSA) is 55.3 Å². The van der Waals surface area contributed by atoms with Gasteiger partial charge in [0.15, 0.2) is 0 Å². The number of benzene rings is 1. The Morgan fingerprint density at radius 2 is 2.33 bits per heavy atom. The van der Waals surface area contributed by atoms with Crippen LogP contribution in [-0.4, -0.2) is 29.9 Å². The van der Waals surface area contributed by atoms with E-state index in [1.165, 1.54) is 5.39 Å². The number of carbonyl (C=O) groups excluding carboxylic acids is 1. The van der Waals surface area contributed by atoms with Gasteiger partial charge in [-0.05, 0) is 43.4 Å². The largest absolute Gasteiger partial charge is 0.376 e. The number of ether oxygens (including phenoxy) is 1. The maximum Gasteiger partial charge on any atom is 0.319 e. The molecule has 21 heavy (non-hydrogen) atoms. The number of amides is 2. The van der Waals surface area contributed by atoms with Crippen LogP contribution in [-0.2, 0) is 11.3 Å². The Labute approximate surface area is 124 Å². The van der Waals surface area contributed by atoms with Crippen molar-refractivity contribution in [3.63, 3.8) is 0 Å². The molecule has 3 rings (SSSR count). The van der Waals surface area contributed by atoms with Gasteiger partial charge in [-0.15, -0.1) is 0 Å². The van der Waals surface area contributed by atoms with E-state index in [2.05, 4.69) is 34.4 Å². The predicted molar refractivity (Wildman–Crippen MR) is 83.6 cm³/mol. The number of nitrogens with zero attached hydrogens (tertiary/aromatic N) is 1. The van der Waals surface area contributed by atoms with Crippen molar-refractivity contribution in [2.24, 2.45) is 0 Å². The smallest absolute Gasteiger partial charge is 0.319 e. The van der Waals surface area contributed by atoms with Crippen LogP contribution in [0.3, 0.4) is 0 Å². The fraction of sp³-hybridized carbons (Fsp3) is 0.438. The molecule has 2 heterocycles. The molecule has 112 valence electrons. The Kier molecular flexibility index (Phi) is 4.10. The highest BCUT2D eigenvalue weighted by Crippen LogP contribution is 2.20. The summed E-state index contributed by atoms with van der Waals surface area (Å²) in [6.07, 6.45) is 4.33. The lowest BCUT2D eigenvalue weighted by molar-refractivity contribution is 0.112. The fourth-order valence-electron chi connectivity index (χ4n) is 2.72. The summed E-state index contributed by atoms with van der Waals surface area (Å²) in [5.41, 5.74) is 1.94. The highest BCUT2D eigenvalue weighted by atomic mass is 16.5. The van der Waals surface area contributed by atoms with Crippen molar-refractivity contribution in [2.75, 3.05) is 18.5 Å². The van der Waals surface area contributed by atoms with Crippen molar-refractivity contribution in [1.29, 1.82) is 0 Å². The van der Waals surface area contributed by atoms with Crippen molar-refractivity contribution in [3.8, 4) is 0 Å². The van der Waals surface area contributed by atoms with E-state index in [1.54, 1.807) is 0 Å². The number of hydrogen-bond acceptors (Lipinski definition) is 2. The third-order valence-electron chi connectivity index (χ3n) is 3.89. The minimum atomic E-state index is -0.181. The van der Waals surface area contributed by atoms with Crippen molar-refractivity contribution < 1.29 is 9.53 Å². The van der Waals surface area contributed by atoms with Crippen molar-refractivity contribution >= 4 is 22.6 Å². The molecule has 1 aliphatic rings. The summed E-state index contributed by atoms with van der Waals surface area (Å²) in [6, 6.07) is 7.86. The molecule has 1 atom stereocenters. The number of nitrogens with one attached hydrogen (secondary N) is 2. The molecule has 0 radical (unpaired) electrons. The van der Waals surface area contributed by atoms with Gasteiger partial charge in [-0.3, -0.25) is 0 Å². The quantitative estimate of drug-likeness (QED) is 0.908. The van der Waals surface area contributed by atoms with E-state index < -0.39 is 0 Å². The van der Waals surface area contributed by atoms with Crippen molar-refractivity contribution in [3.05, 3.63) is 30.5 Å². The van der Waals surface area contributed by atoms with Gasteiger partial charge in [-0.25, -0.2) is 4.79 Å². The van der Waals surface area contributed by atoms with E-state index in [-0.39, 0.29) is 12.1 Å². The summed E-state index contributed by atoms with van der Waals surface area (Å²) in [7, 11) is 0. The highest BCUT2D eigenvalue weighted by molar-refractivity contribution is 5.92. The first kappa shape index (κ1) is 13.9. The molecule has 0 saturated carbocycles. The van der Waals surface area contributed by atoms with E-state index in [0.29, 0.717) is 6.54 Å². The average molecular weight is 287 g/mol. The number of aromatic nitrogens is 1. The molecule has 5 nitrogen and oxygen atoms in total. The molecule has 1 saturated heterocycles. The molecule has 0 aliphatic carbocycles. The second kappa shape index (κ2) is 6.18. The lowest BCUT2D eigenvalue weighted by Crippen LogP contribution is -2.35. The van der Waals surface area contributed by atoms with Crippen LogP contribution in [0.2, 0.25) is 0 Å². The summed E-state index contributed by atoms with van der Waals surface area (Å²) < 4.78 is 7.64. The monoisotopic (exact) mass is 287 g/mol. The molecular weight excluding hydrogens is 266 g/mol. The number of rotatable bonds is 4. The number of hydrogen-bond donors (Lipinski definition) is 2. The zero-order valence-electron chi connectivity index (χ0n) is 12.3. The van der Waals surface area contributed by atoms with Crippen LogP contribution in [0.25, 0.3) is 10.9 Å². The van der Waals surface area contributed by atoms with Crippen molar-refractivity contribution in [1.82, 2.24) is 9.88 Å². The molecule has 0 bridgehead atoms. The molecule has 1 fully saturated rings. The van der Waals surface area contributed by atoms with Crippen LogP contribution in [0.4, 0.5) is 10.5 Å². The number of carbonyl (C=O) groups is 1. The van der Waals surface area contributed by atoms with Crippen LogP contribution in [0, 0.1) is 0 Å². The predicted octanol–water partition coefficient (Wildman–Crippen LogP) is 2.96. The van der Waals surface area contributed by atoms with Crippen LogP contribution >= 0.6 is 0 Å². The summed E-state index contributed by atoms with van der Waals surface area (Å²) in [6.45, 7) is 4.39. The Morgan fingerprint density at radius 1 is 1.43 bits per heavy atom. The van der Waals surface area contributed by atoms with Crippen LogP contribution < -0.4 is 10.6 Å². The third kappa shape index (κ3) is 3.19. The van der Waals surface area contributed by atoms with E-state index in [0.717, 1.165) is 37.2 Å². The van der Waals surface area contributed by atoms with Crippen molar-refractivity contribution in [2.45, 2.75) is 32.4 Å². The van der Waals surface area contributed by atoms with Gasteiger partial charge in [0.1, 0.15) is 0 Å². The van der Waals surface area contributed by atoms with Crippen LogP contribution in [0.5, 0.6) is 0 Å². The number of fused-ring (bicyclic) bond motifs is 1. The molecular formula is C16H21N3O2. The minimum absolute atomic E-state index is 0.163. The zero-order valence-corrected chi connectivity index (χ0v) is 12.3. The molecule has 2 amide bonds. The van der Waals surface area contributed by atoms with Gasteiger partial charge in [0.2, 0.25) is 0 Å². The van der Waals surface area contributed by atoms with E-state index >= 15 is 0 Å². The fourth-order valence-corrected chi connectivity index (χ4v) is 2.72. The summed E-state index contributed by atoms with van der Waals surface area (Å²) >= 11 is 0. The number of anilines is 1. The Balaban J connectivity index is 1.62. The summed E-state index contributed by atoms with van der Waals surface area (Å²) in [5, 5.41) is 6.92. The van der Waals surface area contributed by atoms with Gasteiger partial charge in [0.25, 0.3) is 0 Å². The minimum Gasteiger partial charge on any atom is -0.376 e. The van der Waals surface area contributed by atoms with E-state index in [1.807, 2.05) is 18.2 Å². The molecule has 1 aliphatic heterocycles. The maximum atomic E-state index is 11.9. The number of aryl methyl sites for hydroxylation is 1. The van der Waals surface area contributed by atoms with Gasteiger partial charge < -0.3 is 19.9 Å². The Hall–Kier alpha value is -2.01. The average Bonchev–Trinajstić information content (AvgIpc) is 3.14. The molecule has 1 aromatic carbocycles. The molecule has 1 aromatic heterocycles. The van der Waals surface area contributed by atoms with E-state index in [4.69, 9.17) is 4.74 Å². The van der Waals surface area contributed by atoms with Gasteiger partial charge in [0.05, 0.1) is 11.6 Å². The number of urea groups is 1. The standard InChI is InChI=1S/C16H21N3O2/c1-2-19-8-7-12-5-6-13(10-15(12)19)18-16(20)17-11-14-4-3-9-21-14/h5-8,10,14H,2-4,9,11H2,1H3,(H2,17,18,20). The first-order chi connectivity index (χ1) is 10.3. The van der Waals surface area contributed by atoms with Gasteiger partial charge in [0, 0.05) is 31.6 Å². The highest BCUT2D eigenvalue weighted by Gasteiger charge is 2.16. The van der Waals surface area contributed by atoms with E-state index in [9.17, 15) is 4.79 Å². The molecule has 5 heteroatoms. The summed E-state index contributed by atoms with van der Waals surface area (Å²) in [5.74, 6) is 0. The lowest BCUT2D eigenvalue weighted by Gasteiger charge is -2.12. The molecule has 2 aromatic rings. The maximum absolute atomic E-state index is 11.9. The molecule has 1 unspecified atom stereocenters. The van der Waals surface area contributed by atoms with Gasteiger partial charge in [-0.2, -0.15) is 0 Å². The van der Waals surface area contributed by atoms with Crippen LogP contribution in [0.1, 0.15) is 19.8 Å². The van der Waals surface area contributed by atoms with Crippen LogP contribution in [0.15, 0.2) is 30.5 Å². The Morgan fingerprint density at radius 3 is 3.10 bits per heavy atom. The lowest BCUT2D eigenvalue weighted by atomic mass is 10.2. The summed E-state index contributed by atoms with van der Waals surface area (Å²) in [4.78, 5) is 11.9.